The smallest absolute Gasteiger partial charge is 0.227 e. The molecule has 20 heavy (non-hydrogen) atoms. The van der Waals surface area contributed by atoms with E-state index in [-0.39, 0.29) is 24.7 Å². The van der Waals surface area contributed by atoms with Crippen LogP contribution in [0.5, 0.6) is 5.75 Å². The van der Waals surface area contributed by atoms with Crippen molar-refractivity contribution < 1.29 is 15.0 Å². The quantitative estimate of drug-likeness (QED) is 0.709. The average Bonchev–Trinajstić information content (AvgIpc) is 2.94. The summed E-state index contributed by atoms with van der Waals surface area (Å²) in [4.78, 5) is 14.0. The maximum Gasteiger partial charge on any atom is 0.227 e. The SMILES string of the molecule is O=C(Cc1ccccc1O)N(CCO)CC1CCCN1. The molecule has 5 nitrogen and oxygen atoms in total. The minimum absolute atomic E-state index is 0.0424. The topological polar surface area (TPSA) is 72.8 Å². The molecule has 1 aliphatic heterocycles. The predicted molar refractivity (Wildman–Crippen MR) is 76.5 cm³/mol. The molecule has 1 unspecified atom stereocenters. The minimum Gasteiger partial charge on any atom is -0.508 e. The van der Waals surface area contributed by atoms with Gasteiger partial charge in [-0.3, -0.25) is 4.79 Å². The highest BCUT2D eigenvalue weighted by Crippen LogP contribution is 2.17. The molecular weight excluding hydrogens is 256 g/mol. The lowest BCUT2D eigenvalue weighted by atomic mass is 10.1. The molecule has 2 rings (SSSR count). The lowest BCUT2D eigenvalue weighted by molar-refractivity contribution is -0.131. The van der Waals surface area contributed by atoms with Gasteiger partial charge >= 0.3 is 0 Å². The van der Waals surface area contributed by atoms with E-state index in [1.165, 1.54) is 0 Å². The van der Waals surface area contributed by atoms with Gasteiger partial charge in [-0.2, -0.15) is 0 Å². The van der Waals surface area contributed by atoms with Crippen molar-refractivity contribution in [2.75, 3.05) is 26.2 Å². The fourth-order valence-corrected chi connectivity index (χ4v) is 2.55. The molecule has 1 fully saturated rings. The first-order valence-electron chi connectivity index (χ1n) is 7.09. The van der Waals surface area contributed by atoms with Crippen molar-refractivity contribution in [3.05, 3.63) is 29.8 Å². The van der Waals surface area contributed by atoms with Crippen LogP contribution in [0.15, 0.2) is 24.3 Å². The summed E-state index contributed by atoms with van der Waals surface area (Å²) in [5.74, 6) is 0.0815. The van der Waals surface area contributed by atoms with Crippen LogP contribution in [0.3, 0.4) is 0 Å². The molecule has 3 N–H and O–H groups in total. The second-order valence-corrected chi connectivity index (χ2v) is 5.16. The van der Waals surface area contributed by atoms with E-state index in [2.05, 4.69) is 5.32 Å². The van der Waals surface area contributed by atoms with Crippen LogP contribution in [-0.4, -0.2) is 53.3 Å². The molecule has 0 aromatic heterocycles. The number of carbonyl (C=O) groups excluding carboxylic acids is 1. The molecule has 1 heterocycles. The Labute approximate surface area is 119 Å². The Morgan fingerprint density at radius 1 is 1.40 bits per heavy atom. The number of nitrogens with one attached hydrogen (secondary N) is 1. The van der Waals surface area contributed by atoms with Crippen molar-refractivity contribution in [2.24, 2.45) is 0 Å². The minimum atomic E-state index is -0.0609. The van der Waals surface area contributed by atoms with E-state index in [1.807, 2.05) is 0 Å². The van der Waals surface area contributed by atoms with Gasteiger partial charge in [-0.15, -0.1) is 0 Å². The zero-order valence-electron chi connectivity index (χ0n) is 11.6. The van der Waals surface area contributed by atoms with Gasteiger partial charge in [-0.25, -0.2) is 0 Å². The Morgan fingerprint density at radius 3 is 2.85 bits per heavy atom. The Balaban J connectivity index is 1.97. The van der Waals surface area contributed by atoms with Crippen molar-refractivity contribution in [3.8, 4) is 5.75 Å². The number of para-hydroxylation sites is 1. The van der Waals surface area contributed by atoms with E-state index >= 15 is 0 Å². The summed E-state index contributed by atoms with van der Waals surface area (Å²) < 4.78 is 0. The van der Waals surface area contributed by atoms with Gasteiger partial charge < -0.3 is 20.4 Å². The molecule has 1 atom stereocenters. The zero-order valence-corrected chi connectivity index (χ0v) is 11.6. The first kappa shape index (κ1) is 14.8. The maximum absolute atomic E-state index is 12.3. The Kier molecular flexibility index (Phi) is 5.38. The molecule has 5 heteroatoms. The number of aromatic hydroxyl groups is 1. The van der Waals surface area contributed by atoms with Gasteiger partial charge in [0.05, 0.1) is 13.0 Å². The zero-order chi connectivity index (χ0) is 14.4. The second kappa shape index (κ2) is 7.26. The maximum atomic E-state index is 12.3. The largest absolute Gasteiger partial charge is 0.508 e. The number of phenols is 1. The van der Waals surface area contributed by atoms with Crippen LogP contribution in [0.1, 0.15) is 18.4 Å². The van der Waals surface area contributed by atoms with Crippen LogP contribution in [0.4, 0.5) is 0 Å². The van der Waals surface area contributed by atoms with Gasteiger partial charge in [0.15, 0.2) is 0 Å². The van der Waals surface area contributed by atoms with Crippen LogP contribution in [0, 0.1) is 0 Å². The number of rotatable bonds is 6. The summed E-state index contributed by atoms with van der Waals surface area (Å²) in [6, 6.07) is 7.18. The van der Waals surface area contributed by atoms with Crippen molar-refractivity contribution in [3.63, 3.8) is 0 Å². The molecule has 1 aromatic carbocycles. The Bertz CT molecular complexity index is 444. The highest BCUT2D eigenvalue weighted by atomic mass is 16.3. The van der Waals surface area contributed by atoms with Gasteiger partial charge in [-0.1, -0.05) is 18.2 Å². The van der Waals surface area contributed by atoms with Crippen molar-refractivity contribution >= 4 is 5.91 Å². The summed E-state index contributed by atoms with van der Waals surface area (Å²) in [5, 5.41) is 22.2. The first-order valence-corrected chi connectivity index (χ1v) is 7.09. The normalized spacial score (nSPS) is 18.1. The molecule has 1 amide bonds. The van der Waals surface area contributed by atoms with Crippen molar-refractivity contribution in [1.82, 2.24) is 10.2 Å². The fraction of sp³-hybridized carbons (Fsp3) is 0.533. The Hall–Kier alpha value is -1.59. The van der Waals surface area contributed by atoms with Crippen molar-refractivity contribution in [1.29, 1.82) is 0 Å². The number of aliphatic hydroxyl groups is 1. The lowest BCUT2D eigenvalue weighted by Crippen LogP contribution is -2.43. The number of amides is 1. The Morgan fingerprint density at radius 2 is 2.20 bits per heavy atom. The average molecular weight is 278 g/mol. The number of aliphatic hydroxyl groups excluding tert-OH is 1. The van der Waals surface area contributed by atoms with Gasteiger partial charge in [-0.05, 0) is 25.5 Å². The number of benzene rings is 1. The number of carbonyl (C=O) groups is 1. The monoisotopic (exact) mass is 278 g/mol. The standard InChI is InChI=1S/C15H22N2O3/c18-9-8-17(11-13-5-3-7-16-13)15(20)10-12-4-1-2-6-14(12)19/h1-2,4,6,13,16,18-19H,3,5,7-11H2. The molecular formula is C15H22N2O3. The van der Waals surface area contributed by atoms with Crippen LogP contribution >= 0.6 is 0 Å². The van der Waals surface area contributed by atoms with E-state index in [9.17, 15) is 9.90 Å². The van der Waals surface area contributed by atoms with Gasteiger partial charge in [0.1, 0.15) is 5.75 Å². The van der Waals surface area contributed by atoms with Crippen LogP contribution in [-0.2, 0) is 11.2 Å². The molecule has 0 saturated carbocycles. The number of hydrogen-bond donors (Lipinski definition) is 3. The summed E-state index contributed by atoms with van der Waals surface area (Å²) in [7, 11) is 0. The van der Waals surface area contributed by atoms with E-state index in [4.69, 9.17) is 5.11 Å². The molecule has 0 radical (unpaired) electrons. The third kappa shape index (κ3) is 3.95. The lowest BCUT2D eigenvalue weighted by Gasteiger charge is -2.25. The van der Waals surface area contributed by atoms with E-state index in [1.54, 1.807) is 29.2 Å². The molecule has 0 aliphatic carbocycles. The van der Waals surface area contributed by atoms with Crippen LogP contribution in [0.25, 0.3) is 0 Å². The summed E-state index contributed by atoms with van der Waals surface area (Å²) in [6.07, 6.45) is 2.36. The third-order valence-electron chi connectivity index (χ3n) is 3.66. The van der Waals surface area contributed by atoms with E-state index in [0.717, 1.165) is 19.4 Å². The molecule has 0 spiro atoms. The molecule has 1 saturated heterocycles. The highest BCUT2D eigenvalue weighted by molar-refractivity contribution is 5.79. The number of phenolic OH excluding ortho intramolecular Hbond substituents is 1. The molecule has 0 bridgehead atoms. The highest BCUT2D eigenvalue weighted by Gasteiger charge is 2.21. The molecule has 1 aliphatic rings. The fourth-order valence-electron chi connectivity index (χ4n) is 2.55. The predicted octanol–water partition coefficient (Wildman–Crippen LogP) is 0.508. The number of hydrogen-bond acceptors (Lipinski definition) is 4. The van der Waals surface area contributed by atoms with Gasteiger partial charge in [0.2, 0.25) is 5.91 Å². The van der Waals surface area contributed by atoms with E-state index < -0.39 is 0 Å². The summed E-state index contributed by atoms with van der Waals surface area (Å²) >= 11 is 0. The van der Waals surface area contributed by atoms with Crippen molar-refractivity contribution in [2.45, 2.75) is 25.3 Å². The molecule has 1 aromatic rings. The summed E-state index contributed by atoms with van der Waals surface area (Å²) in [5.41, 5.74) is 0.625. The molecule has 110 valence electrons. The van der Waals surface area contributed by atoms with Crippen LogP contribution in [0.2, 0.25) is 0 Å². The summed E-state index contributed by atoms with van der Waals surface area (Å²) in [6.45, 7) is 1.90. The van der Waals surface area contributed by atoms with E-state index in [0.29, 0.717) is 24.7 Å². The van der Waals surface area contributed by atoms with Crippen LogP contribution < -0.4 is 5.32 Å². The van der Waals surface area contributed by atoms with Gasteiger partial charge in [0.25, 0.3) is 0 Å². The van der Waals surface area contributed by atoms with Gasteiger partial charge in [0, 0.05) is 24.7 Å². The third-order valence-corrected chi connectivity index (χ3v) is 3.66. The number of nitrogens with zero attached hydrogens (tertiary/aromatic N) is 1. The second-order valence-electron chi connectivity index (χ2n) is 5.16. The first-order chi connectivity index (χ1) is 9.70.